The average molecular weight is 203 g/mol. The molecular formula is C14H21N. The fourth-order valence-corrected chi connectivity index (χ4v) is 1.93. The molecule has 0 amide bonds. The Morgan fingerprint density at radius 2 is 2.07 bits per heavy atom. The van der Waals surface area contributed by atoms with Gasteiger partial charge in [0.15, 0.2) is 0 Å². The summed E-state index contributed by atoms with van der Waals surface area (Å²) >= 11 is 0. The van der Waals surface area contributed by atoms with Gasteiger partial charge in [-0.3, -0.25) is 0 Å². The van der Waals surface area contributed by atoms with Crippen LogP contribution in [0.15, 0.2) is 24.3 Å². The van der Waals surface area contributed by atoms with Crippen LogP contribution in [0, 0.1) is 12.8 Å². The van der Waals surface area contributed by atoms with Crippen LogP contribution in [-0.4, -0.2) is 12.6 Å². The Morgan fingerprint density at radius 3 is 2.73 bits per heavy atom. The number of benzene rings is 1. The Kier molecular flexibility index (Phi) is 3.42. The van der Waals surface area contributed by atoms with E-state index >= 15 is 0 Å². The van der Waals surface area contributed by atoms with Crippen molar-refractivity contribution in [1.29, 1.82) is 0 Å². The van der Waals surface area contributed by atoms with Crippen molar-refractivity contribution in [2.75, 3.05) is 6.54 Å². The van der Waals surface area contributed by atoms with Gasteiger partial charge >= 0.3 is 0 Å². The van der Waals surface area contributed by atoms with E-state index in [1.54, 1.807) is 0 Å². The van der Waals surface area contributed by atoms with E-state index in [2.05, 4.69) is 43.4 Å². The first-order valence-corrected chi connectivity index (χ1v) is 6.03. The number of hydrogen-bond acceptors (Lipinski definition) is 1. The molecule has 1 nitrogen and oxygen atoms in total. The Morgan fingerprint density at radius 1 is 1.33 bits per heavy atom. The first kappa shape index (κ1) is 10.7. The lowest BCUT2D eigenvalue weighted by Gasteiger charge is -2.14. The van der Waals surface area contributed by atoms with Crippen molar-refractivity contribution >= 4 is 0 Å². The minimum atomic E-state index is 0.603. The fraction of sp³-hybridized carbons (Fsp3) is 0.571. The Bertz CT molecular complexity index is 315. The molecule has 1 unspecified atom stereocenters. The molecule has 2 rings (SSSR count). The van der Waals surface area contributed by atoms with E-state index in [1.807, 2.05) is 0 Å². The van der Waals surface area contributed by atoms with Crippen molar-refractivity contribution in [2.24, 2.45) is 5.92 Å². The predicted molar refractivity (Wildman–Crippen MR) is 65.1 cm³/mol. The normalized spacial score (nSPS) is 17.7. The van der Waals surface area contributed by atoms with Crippen molar-refractivity contribution < 1.29 is 0 Å². The molecule has 1 heteroatoms. The van der Waals surface area contributed by atoms with E-state index in [4.69, 9.17) is 0 Å². The van der Waals surface area contributed by atoms with Gasteiger partial charge in [0, 0.05) is 6.04 Å². The van der Waals surface area contributed by atoms with Gasteiger partial charge in [-0.2, -0.15) is 0 Å². The van der Waals surface area contributed by atoms with Crippen molar-refractivity contribution in [3.05, 3.63) is 35.4 Å². The van der Waals surface area contributed by atoms with Crippen LogP contribution in [0.2, 0.25) is 0 Å². The number of nitrogens with one attached hydrogen (secondary N) is 1. The van der Waals surface area contributed by atoms with Crippen molar-refractivity contribution in [3.8, 4) is 0 Å². The summed E-state index contributed by atoms with van der Waals surface area (Å²) in [5, 5.41) is 3.62. The zero-order valence-electron chi connectivity index (χ0n) is 9.79. The maximum absolute atomic E-state index is 3.62. The van der Waals surface area contributed by atoms with Crippen LogP contribution in [0.25, 0.3) is 0 Å². The maximum atomic E-state index is 3.62. The highest BCUT2D eigenvalue weighted by Gasteiger charge is 2.21. The molecule has 1 aromatic rings. The highest BCUT2D eigenvalue weighted by Crippen LogP contribution is 2.27. The maximum Gasteiger partial charge on any atom is 0.00793 e. The molecule has 1 atom stereocenters. The molecule has 0 radical (unpaired) electrons. The lowest BCUT2D eigenvalue weighted by molar-refractivity contribution is 0.525. The standard InChI is InChI=1S/C14H21N/c1-11-5-3-4-6-14(11)9-12(2)15-10-13-7-8-13/h3-6,12-13,15H,7-10H2,1-2H3. The summed E-state index contributed by atoms with van der Waals surface area (Å²) < 4.78 is 0. The lowest BCUT2D eigenvalue weighted by atomic mass is 10.0. The van der Waals surface area contributed by atoms with E-state index in [0.717, 1.165) is 12.3 Å². The first-order valence-electron chi connectivity index (χ1n) is 6.03. The summed E-state index contributed by atoms with van der Waals surface area (Å²) in [6.45, 7) is 5.70. The molecule has 0 aromatic heterocycles. The molecule has 1 fully saturated rings. The second kappa shape index (κ2) is 4.80. The summed E-state index contributed by atoms with van der Waals surface area (Å²) in [5.74, 6) is 0.976. The van der Waals surface area contributed by atoms with Crippen LogP contribution in [0.3, 0.4) is 0 Å². The molecule has 1 aliphatic carbocycles. The van der Waals surface area contributed by atoms with Gasteiger partial charge < -0.3 is 5.32 Å². The van der Waals surface area contributed by atoms with E-state index in [-0.39, 0.29) is 0 Å². The van der Waals surface area contributed by atoms with Gasteiger partial charge in [-0.05, 0) is 56.7 Å². The van der Waals surface area contributed by atoms with Gasteiger partial charge in [0.1, 0.15) is 0 Å². The zero-order valence-corrected chi connectivity index (χ0v) is 9.79. The molecule has 82 valence electrons. The number of hydrogen-bond donors (Lipinski definition) is 1. The minimum absolute atomic E-state index is 0.603. The van der Waals surface area contributed by atoms with Crippen molar-refractivity contribution in [2.45, 2.75) is 39.2 Å². The van der Waals surface area contributed by atoms with E-state index in [1.165, 1.54) is 30.5 Å². The quantitative estimate of drug-likeness (QED) is 0.776. The van der Waals surface area contributed by atoms with Crippen LogP contribution < -0.4 is 5.32 Å². The third-order valence-corrected chi connectivity index (χ3v) is 3.24. The predicted octanol–water partition coefficient (Wildman–Crippen LogP) is 2.93. The van der Waals surface area contributed by atoms with E-state index in [0.29, 0.717) is 6.04 Å². The van der Waals surface area contributed by atoms with Crippen LogP contribution >= 0.6 is 0 Å². The molecule has 0 spiro atoms. The van der Waals surface area contributed by atoms with E-state index < -0.39 is 0 Å². The van der Waals surface area contributed by atoms with Crippen LogP contribution in [0.5, 0.6) is 0 Å². The SMILES string of the molecule is Cc1ccccc1CC(C)NCC1CC1. The molecule has 0 bridgehead atoms. The van der Waals surface area contributed by atoms with Gasteiger partial charge in [0.2, 0.25) is 0 Å². The molecule has 1 aliphatic rings. The minimum Gasteiger partial charge on any atom is -0.314 e. The third kappa shape index (κ3) is 3.35. The summed E-state index contributed by atoms with van der Waals surface area (Å²) in [5.41, 5.74) is 2.89. The van der Waals surface area contributed by atoms with Gasteiger partial charge in [0.25, 0.3) is 0 Å². The smallest absolute Gasteiger partial charge is 0.00793 e. The van der Waals surface area contributed by atoms with Crippen LogP contribution in [0.1, 0.15) is 30.9 Å². The molecule has 0 aliphatic heterocycles. The van der Waals surface area contributed by atoms with Crippen LogP contribution in [-0.2, 0) is 6.42 Å². The molecule has 15 heavy (non-hydrogen) atoms. The topological polar surface area (TPSA) is 12.0 Å². The summed E-state index contributed by atoms with van der Waals surface area (Å²) in [6.07, 6.45) is 4.02. The van der Waals surface area contributed by atoms with E-state index in [9.17, 15) is 0 Å². The third-order valence-electron chi connectivity index (χ3n) is 3.24. The lowest BCUT2D eigenvalue weighted by Crippen LogP contribution is -2.30. The molecular weight excluding hydrogens is 182 g/mol. The summed E-state index contributed by atoms with van der Waals surface area (Å²) in [7, 11) is 0. The number of aryl methyl sites for hydroxylation is 1. The van der Waals surface area contributed by atoms with Crippen molar-refractivity contribution in [1.82, 2.24) is 5.32 Å². The van der Waals surface area contributed by atoms with Crippen LogP contribution in [0.4, 0.5) is 0 Å². The highest BCUT2D eigenvalue weighted by molar-refractivity contribution is 5.26. The monoisotopic (exact) mass is 203 g/mol. The second-order valence-corrected chi connectivity index (χ2v) is 4.88. The van der Waals surface area contributed by atoms with Gasteiger partial charge in [-0.25, -0.2) is 0 Å². The molecule has 1 saturated carbocycles. The second-order valence-electron chi connectivity index (χ2n) is 4.88. The summed E-state index contributed by atoms with van der Waals surface area (Å²) in [6, 6.07) is 9.29. The molecule has 0 heterocycles. The fourth-order valence-electron chi connectivity index (χ4n) is 1.93. The zero-order chi connectivity index (χ0) is 10.7. The first-order chi connectivity index (χ1) is 7.25. The van der Waals surface area contributed by atoms with Crippen molar-refractivity contribution in [3.63, 3.8) is 0 Å². The Labute approximate surface area is 92.9 Å². The van der Waals surface area contributed by atoms with Gasteiger partial charge in [-0.15, -0.1) is 0 Å². The Balaban J connectivity index is 1.81. The number of rotatable bonds is 5. The average Bonchev–Trinajstić information content (AvgIpc) is 3.02. The largest absolute Gasteiger partial charge is 0.314 e. The molecule has 1 N–H and O–H groups in total. The van der Waals surface area contributed by atoms with Gasteiger partial charge in [-0.1, -0.05) is 24.3 Å². The summed E-state index contributed by atoms with van der Waals surface area (Å²) in [4.78, 5) is 0. The molecule has 0 saturated heterocycles. The highest BCUT2D eigenvalue weighted by atomic mass is 14.9. The molecule has 1 aromatic carbocycles. The van der Waals surface area contributed by atoms with Gasteiger partial charge in [0.05, 0.1) is 0 Å². The Hall–Kier alpha value is -0.820.